The number of rotatable bonds is 7. The molecule has 0 aliphatic carbocycles. The minimum atomic E-state index is -3.54. The number of carbonyl (C=O) groups excluding carboxylic acids is 2. The van der Waals surface area contributed by atoms with Gasteiger partial charge in [-0.15, -0.1) is 0 Å². The van der Waals surface area contributed by atoms with Crippen molar-refractivity contribution in [3.05, 3.63) is 54.1 Å². The summed E-state index contributed by atoms with van der Waals surface area (Å²) >= 11 is 0. The average molecular weight is 430 g/mol. The van der Waals surface area contributed by atoms with Crippen molar-refractivity contribution in [2.75, 3.05) is 29.9 Å². The molecule has 1 atom stereocenters. The number of carbonyl (C=O) groups is 2. The molecule has 0 saturated carbocycles. The lowest BCUT2D eigenvalue weighted by atomic mass is 10.1. The van der Waals surface area contributed by atoms with Crippen LogP contribution in [0.1, 0.15) is 25.8 Å². The van der Waals surface area contributed by atoms with E-state index in [4.69, 9.17) is 0 Å². The Labute approximate surface area is 177 Å². The molecule has 30 heavy (non-hydrogen) atoms. The minimum absolute atomic E-state index is 0.0786. The lowest BCUT2D eigenvalue weighted by Gasteiger charge is -2.19. The lowest BCUT2D eigenvalue weighted by molar-refractivity contribution is -0.122. The maximum absolute atomic E-state index is 12.7. The van der Waals surface area contributed by atoms with Crippen molar-refractivity contribution in [3.8, 4) is 0 Å². The van der Waals surface area contributed by atoms with Crippen LogP contribution in [0.15, 0.2) is 53.4 Å². The van der Waals surface area contributed by atoms with Crippen LogP contribution < -0.4 is 10.2 Å². The fourth-order valence-corrected chi connectivity index (χ4v) is 5.11. The zero-order chi connectivity index (χ0) is 21.9. The van der Waals surface area contributed by atoms with Gasteiger partial charge in [0.15, 0.2) is 0 Å². The standard InChI is InChI=1S/C22H27N3O4S/c1-4-24(5-2)30(28,29)19-12-10-18(11-13-19)23-22(27)17-14-21(26)25(15-17)20-9-7-6-8-16(20)3/h6-13,17H,4-5,14-15H2,1-3H3,(H,23,27)/t17-/m0/s1. The number of hydrogen-bond acceptors (Lipinski definition) is 4. The monoisotopic (exact) mass is 429 g/mol. The van der Waals surface area contributed by atoms with Gasteiger partial charge in [-0.1, -0.05) is 32.0 Å². The number of nitrogens with zero attached hydrogens (tertiary/aromatic N) is 2. The minimum Gasteiger partial charge on any atom is -0.326 e. The van der Waals surface area contributed by atoms with Crippen LogP contribution in [0, 0.1) is 12.8 Å². The van der Waals surface area contributed by atoms with Gasteiger partial charge >= 0.3 is 0 Å². The third-order valence-electron chi connectivity index (χ3n) is 5.37. The van der Waals surface area contributed by atoms with Crippen LogP contribution in [0.25, 0.3) is 0 Å². The Kier molecular flexibility index (Phi) is 6.58. The number of nitrogens with one attached hydrogen (secondary N) is 1. The van der Waals surface area contributed by atoms with Gasteiger partial charge in [-0.05, 0) is 42.8 Å². The van der Waals surface area contributed by atoms with E-state index >= 15 is 0 Å². The van der Waals surface area contributed by atoms with E-state index in [1.54, 1.807) is 30.9 Å². The van der Waals surface area contributed by atoms with E-state index in [1.807, 2.05) is 31.2 Å². The summed E-state index contributed by atoms with van der Waals surface area (Å²) in [4.78, 5) is 27.0. The van der Waals surface area contributed by atoms with Gasteiger partial charge in [-0.25, -0.2) is 8.42 Å². The first-order chi connectivity index (χ1) is 14.3. The summed E-state index contributed by atoms with van der Waals surface area (Å²) in [5.41, 5.74) is 2.31. The number of hydrogen-bond donors (Lipinski definition) is 1. The van der Waals surface area contributed by atoms with Gasteiger partial charge in [-0.2, -0.15) is 4.31 Å². The molecule has 1 heterocycles. The maximum atomic E-state index is 12.7. The Balaban J connectivity index is 1.68. The summed E-state index contributed by atoms with van der Waals surface area (Å²) in [5, 5.41) is 2.80. The van der Waals surface area contributed by atoms with E-state index in [9.17, 15) is 18.0 Å². The molecule has 1 aliphatic heterocycles. The predicted molar refractivity (Wildman–Crippen MR) is 117 cm³/mol. The zero-order valence-electron chi connectivity index (χ0n) is 17.5. The molecule has 0 bridgehead atoms. The van der Waals surface area contributed by atoms with Crippen molar-refractivity contribution >= 4 is 33.2 Å². The van der Waals surface area contributed by atoms with Crippen molar-refractivity contribution < 1.29 is 18.0 Å². The predicted octanol–water partition coefficient (Wildman–Crippen LogP) is 3.02. The largest absolute Gasteiger partial charge is 0.326 e. The number of sulfonamides is 1. The van der Waals surface area contributed by atoms with Gasteiger partial charge in [0.05, 0.1) is 10.8 Å². The topological polar surface area (TPSA) is 86.8 Å². The van der Waals surface area contributed by atoms with E-state index in [0.717, 1.165) is 11.3 Å². The van der Waals surface area contributed by atoms with Crippen molar-refractivity contribution in [2.24, 2.45) is 5.92 Å². The van der Waals surface area contributed by atoms with Crippen LogP contribution in [0.4, 0.5) is 11.4 Å². The van der Waals surface area contributed by atoms with Crippen molar-refractivity contribution in [1.82, 2.24) is 4.31 Å². The second kappa shape index (κ2) is 8.97. The van der Waals surface area contributed by atoms with Gasteiger partial charge in [0.1, 0.15) is 0 Å². The molecule has 7 nitrogen and oxygen atoms in total. The van der Waals surface area contributed by atoms with Crippen LogP contribution in [0.3, 0.4) is 0 Å². The van der Waals surface area contributed by atoms with Crippen LogP contribution in [-0.2, 0) is 19.6 Å². The molecule has 8 heteroatoms. The molecular formula is C22H27N3O4S. The lowest BCUT2D eigenvalue weighted by Crippen LogP contribution is -2.30. The summed E-state index contributed by atoms with van der Waals surface area (Å²) in [6, 6.07) is 13.7. The maximum Gasteiger partial charge on any atom is 0.243 e. The van der Waals surface area contributed by atoms with Crippen molar-refractivity contribution in [2.45, 2.75) is 32.1 Å². The molecular weight excluding hydrogens is 402 g/mol. The Bertz CT molecular complexity index is 1030. The number of para-hydroxylation sites is 1. The molecule has 0 unspecified atom stereocenters. The number of benzene rings is 2. The molecule has 1 fully saturated rings. The van der Waals surface area contributed by atoms with Crippen LogP contribution in [0.5, 0.6) is 0 Å². The number of aryl methyl sites for hydroxylation is 1. The first-order valence-corrected chi connectivity index (χ1v) is 11.5. The molecule has 1 N–H and O–H groups in total. The van der Waals surface area contributed by atoms with Gasteiger partial charge < -0.3 is 10.2 Å². The van der Waals surface area contributed by atoms with E-state index < -0.39 is 15.9 Å². The van der Waals surface area contributed by atoms with Crippen molar-refractivity contribution in [1.29, 1.82) is 0 Å². The SMILES string of the molecule is CCN(CC)S(=O)(=O)c1ccc(NC(=O)[C@H]2CC(=O)N(c3ccccc3C)C2)cc1. The van der Waals surface area contributed by atoms with Crippen LogP contribution >= 0.6 is 0 Å². The summed E-state index contributed by atoms with van der Waals surface area (Å²) in [7, 11) is -3.54. The normalized spacial score (nSPS) is 16.9. The number of anilines is 2. The molecule has 2 aromatic rings. The summed E-state index contributed by atoms with van der Waals surface area (Å²) in [5.74, 6) is -0.792. The highest BCUT2D eigenvalue weighted by Gasteiger charge is 2.35. The van der Waals surface area contributed by atoms with Crippen LogP contribution in [-0.4, -0.2) is 44.2 Å². The first-order valence-electron chi connectivity index (χ1n) is 10.0. The van der Waals surface area contributed by atoms with Gasteiger partial charge in [0.25, 0.3) is 0 Å². The second-order valence-corrected chi connectivity index (χ2v) is 9.23. The quantitative estimate of drug-likeness (QED) is 0.733. The first kappa shape index (κ1) is 22.0. The van der Waals surface area contributed by atoms with Gasteiger partial charge in [0.2, 0.25) is 21.8 Å². The van der Waals surface area contributed by atoms with Gasteiger partial charge in [0, 0.05) is 37.4 Å². The van der Waals surface area contributed by atoms with Crippen molar-refractivity contribution in [3.63, 3.8) is 0 Å². The fourth-order valence-electron chi connectivity index (χ4n) is 3.65. The summed E-state index contributed by atoms with van der Waals surface area (Å²) in [6.07, 6.45) is 0.147. The molecule has 160 valence electrons. The number of amides is 2. The highest BCUT2D eigenvalue weighted by Crippen LogP contribution is 2.28. The molecule has 0 aromatic heterocycles. The highest BCUT2D eigenvalue weighted by atomic mass is 32.2. The molecule has 0 spiro atoms. The fraction of sp³-hybridized carbons (Fsp3) is 0.364. The smallest absolute Gasteiger partial charge is 0.243 e. The van der Waals surface area contributed by atoms with E-state index in [-0.39, 0.29) is 23.1 Å². The zero-order valence-corrected chi connectivity index (χ0v) is 18.3. The Hall–Kier alpha value is -2.71. The molecule has 3 rings (SSSR count). The van der Waals surface area contributed by atoms with Gasteiger partial charge in [-0.3, -0.25) is 9.59 Å². The summed E-state index contributed by atoms with van der Waals surface area (Å²) < 4.78 is 26.5. The molecule has 2 amide bonds. The van der Waals surface area contributed by atoms with E-state index in [1.165, 1.54) is 16.4 Å². The van der Waals surface area contributed by atoms with E-state index in [0.29, 0.717) is 25.3 Å². The highest BCUT2D eigenvalue weighted by molar-refractivity contribution is 7.89. The summed E-state index contributed by atoms with van der Waals surface area (Å²) in [6.45, 7) is 6.63. The Morgan fingerprint density at radius 1 is 1.10 bits per heavy atom. The Morgan fingerprint density at radius 2 is 1.73 bits per heavy atom. The molecule has 1 saturated heterocycles. The Morgan fingerprint density at radius 3 is 2.33 bits per heavy atom. The van der Waals surface area contributed by atoms with Crippen LogP contribution in [0.2, 0.25) is 0 Å². The van der Waals surface area contributed by atoms with E-state index in [2.05, 4.69) is 5.32 Å². The molecule has 2 aromatic carbocycles. The average Bonchev–Trinajstić information content (AvgIpc) is 3.11. The third-order valence-corrected chi connectivity index (χ3v) is 7.43. The molecule has 1 aliphatic rings. The molecule has 0 radical (unpaired) electrons. The third kappa shape index (κ3) is 4.39. The second-order valence-electron chi connectivity index (χ2n) is 7.29.